The van der Waals surface area contributed by atoms with Gasteiger partial charge in [0.25, 0.3) is 0 Å². The van der Waals surface area contributed by atoms with Crippen LogP contribution >= 0.6 is 0 Å². The number of aryl methyl sites for hydroxylation is 1. The maximum Gasteiger partial charge on any atom is 0.233 e. The van der Waals surface area contributed by atoms with Gasteiger partial charge in [-0.05, 0) is 17.5 Å². The smallest absolute Gasteiger partial charge is 0.233 e. The highest BCUT2D eigenvalue weighted by atomic mass is 16.1. The highest BCUT2D eigenvalue weighted by molar-refractivity contribution is 5.77. The van der Waals surface area contributed by atoms with Gasteiger partial charge >= 0.3 is 0 Å². The summed E-state index contributed by atoms with van der Waals surface area (Å²) in [6.45, 7) is 6.01. The lowest BCUT2D eigenvalue weighted by molar-refractivity contribution is -0.120. The first kappa shape index (κ1) is 12.8. The van der Waals surface area contributed by atoms with Crippen molar-refractivity contribution >= 4 is 5.91 Å². The van der Waals surface area contributed by atoms with Crippen LogP contribution in [0.4, 0.5) is 0 Å². The summed E-state index contributed by atoms with van der Waals surface area (Å²) in [5, 5.41) is 5.98. The number of rotatable bonds is 6. The molecule has 0 spiro atoms. The summed E-state index contributed by atoms with van der Waals surface area (Å²) in [5.41, 5.74) is 1.19. The van der Waals surface area contributed by atoms with E-state index in [1.54, 1.807) is 0 Å². The lowest BCUT2D eigenvalue weighted by Crippen LogP contribution is -2.35. The molecular weight excluding hydrogens is 202 g/mol. The quantitative estimate of drug-likeness (QED) is 0.752. The van der Waals surface area contributed by atoms with Gasteiger partial charge in [-0.3, -0.25) is 4.79 Å². The first-order valence-corrected chi connectivity index (χ1v) is 5.66. The molecule has 0 bridgehead atoms. The van der Waals surface area contributed by atoms with Gasteiger partial charge in [-0.2, -0.15) is 0 Å². The van der Waals surface area contributed by atoms with E-state index in [0.717, 1.165) is 13.1 Å². The zero-order chi connectivity index (χ0) is 12.0. The summed E-state index contributed by atoms with van der Waals surface area (Å²) in [4.78, 5) is 11.4. The Hall–Kier alpha value is -1.29. The molecule has 0 unspecified atom stereocenters. The third-order valence-corrected chi connectivity index (χ3v) is 2.22. The molecule has 0 aliphatic carbocycles. The minimum atomic E-state index is 0.0598. The van der Waals surface area contributed by atoms with Crippen molar-refractivity contribution in [1.82, 2.24) is 15.2 Å². The number of aromatic nitrogens is 1. The van der Waals surface area contributed by atoms with Crippen LogP contribution in [0.25, 0.3) is 0 Å². The zero-order valence-corrected chi connectivity index (χ0v) is 10.3. The van der Waals surface area contributed by atoms with Crippen LogP contribution in [0.5, 0.6) is 0 Å². The number of carbonyl (C=O) groups excluding carboxylic acids is 1. The van der Waals surface area contributed by atoms with Crippen LogP contribution in [-0.2, 0) is 18.4 Å². The summed E-state index contributed by atoms with van der Waals surface area (Å²) in [5.74, 6) is 0.558. The van der Waals surface area contributed by atoms with Crippen molar-refractivity contribution in [3.63, 3.8) is 0 Å². The van der Waals surface area contributed by atoms with Crippen molar-refractivity contribution in [1.29, 1.82) is 0 Å². The molecule has 0 saturated heterocycles. The molecule has 0 aliphatic heterocycles. The minimum Gasteiger partial charge on any atom is -0.357 e. The first-order chi connectivity index (χ1) is 7.58. The van der Waals surface area contributed by atoms with Crippen molar-refractivity contribution in [2.24, 2.45) is 13.0 Å². The molecule has 0 aromatic carbocycles. The van der Waals surface area contributed by atoms with Gasteiger partial charge in [0.05, 0.1) is 6.54 Å². The van der Waals surface area contributed by atoms with E-state index in [-0.39, 0.29) is 5.91 Å². The molecule has 0 atom stereocenters. The monoisotopic (exact) mass is 223 g/mol. The third-order valence-electron chi connectivity index (χ3n) is 2.22. The molecule has 90 valence electrons. The number of nitrogens with one attached hydrogen (secondary N) is 2. The van der Waals surface area contributed by atoms with Crippen LogP contribution in [0.3, 0.4) is 0 Å². The summed E-state index contributed by atoms with van der Waals surface area (Å²) in [6, 6.07) is 2.04. The summed E-state index contributed by atoms with van der Waals surface area (Å²) in [6.07, 6.45) is 4.04. The van der Waals surface area contributed by atoms with E-state index >= 15 is 0 Å². The lowest BCUT2D eigenvalue weighted by atomic mass is 10.2. The predicted molar refractivity (Wildman–Crippen MR) is 65.0 cm³/mol. The van der Waals surface area contributed by atoms with Crippen molar-refractivity contribution in [2.45, 2.75) is 20.4 Å². The van der Waals surface area contributed by atoms with Gasteiger partial charge < -0.3 is 15.2 Å². The van der Waals surface area contributed by atoms with Gasteiger partial charge in [-0.25, -0.2) is 0 Å². The third kappa shape index (κ3) is 4.98. The number of nitrogens with zero attached hydrogens (tertiary/aromatic N) is 1. The standard InChI is InChI=1S/C12H21N3O/c1-10(2)6-14-12(16)8-13-7-11-4-5-15(3)9-11/h4-5,9-10,13H,6-8H2,1-3H3,(H,14,16). The van der Waals surface area contributed by atoms with E-state index in [0.29, 0.717) is 12.5 Å². The molecule has 1 heterocycles. The Morgan fingerprint density at radius 1 is 1.50 bits per heavy atom. The number of carbonyl (C=O) groups is 1. The lowest BCUT2D eigenvalue weighted by Gasteiger charge is -2.07. The Kier molecular flexibility index (Phi) is 5.05. The van der Waals surface area contributed by atoms with Crippen molar-refractivity contribution in [3.8, 4) is 0 Å². The topological polar surface area (TPSA) is 46.1 Å². The normalized spacial score (nSPS) is 10.8. The molecule has 0 fully saturated rings. The maximum absolute atomic E-state index is 11.4. The van der Waals surface area contributed by atoms with Gasteiger partial charge in [0.2, 0.25) is 5.91 Å². The van der Waals surface area contributed by atoms with Gasteiger partial charge in [0, 0.05) is 32.5 Å². The Morgan fingerprint density at radius 3 is 2.81 bits per heavy atom. The Labute approximate surface area is 97.0 Å². The van der Waals surface area contributed by atoms with E-state index in [1.807, 2.05) is 30.1 Å². The van der Waals surface area contributed by atoms with E-state index in [2.05, 4.69) is 24.5 Å². The summed E-state index contributed by atoms with van der Waals surface area (Å²) in [7, 11) is 1.98. The predicted octanol–water partition coefficient (Wildman–Crippen LogP) is 0.887. The molecule has 1 aromatic heterocycles. The molecule has 0 saturated carbocycles. The number of hydrogen-bond donors (Lipinski definition) is 2. The van der Waals surface area contributed by atoms with Crippen LogP contribution in [0, 0.1) is 5.92 Å². The molecule has 4 heteroatoms. The number of amides is 1. The molecule has 4 nitrogen and oxygen atoms in total. The van der Waals surface area contributed by atoms with Crippen molar-refractivity contribution in [3.05, 3.63) is 24.0 Å². The Balaban J connectivity index is 2.13. The number of hydrogen-bond acceptors (Lipinski definition) is 2. The van der Waals surface area contributed by atoms with Crippen LogP contribution in [-0.4, -0.2) is 23.6 Å². The molecule has 1 rings (SSSR count). The molecule has 16 heavy (non-hydrogen) atoms. The fourth-order valence-corrected chi connectivity index (χ4v) is 1.37. The second-order valence-electron chi connectivity index (χ2n) is 4.49. The Bertz CT molecular complexity index is 331. The highest BCUT2D eigenvalue weighted by Gasteiger charge is 2.01. The zero-order valence-electron chi connectivity index (χ0n) is 10.3. The Morgan fingerprint density at radius 2 is 2.25 bits per heavy atom. The second-order valence-corrected chi connectivity index (χ2v) is 4.49. The van der Waals surface area contributed by atoms with Crippen molar-refractivity contribution in [2.75, 3.05) is 13.1 Å². The SMILES string of the molecule is CC(C)CNC(=O)CNCc1ccn(C)c1. The van der Waals surface area contributed by atoms with Crippen molar-refractivity contribution < 1.29 is 4.79 Å². The molecule has 0 radical (unpaired) electrons. The van der Waals surface area contributed by atoms with Gasteiger partial charge in [-0.1, -0.05) is 13.8 Å². The summed E-state index contributed by atoms with van der Waals surface area (Å²) >= 11 is 0. The maximum atomic E-state index is 11.4. The van der Waals surface area contributed by atoms with E-state index in [9.17, 15) is 4.79 Å². The molecule has 1 aromatic rings. The van der Waals surface area contributed by atoms with Crippen LogP contribution in [0.1, 0.15) is 19.4 Å². The largest absolute Gasteiger partial charge is 0.357 e. The molecular formula is C12H21N3O. The molecule has 1 amide bonds. The van der Waals surface area contributed by atoms with Gasteiger partial charge in [0.15, 0.2) is 0 Å². The van der Waals surface area contributed by atoms with E-state index in [4.69, 9.17) is 0 Å². The average molecular weight is 223 g/mol. The fourth-order valence-electron chi connectivity index (χ4n) is 1.37. The first-order valence-electron chi connectivity index (χ1n) is 5.66. The fraction of sp³-hybridized carbons (Fsp3) is 0.583. The average Bonchev–Trinajstić information content (AvgIpc) is 2.61. The van der Waals surface area contributed by atoms with Crippen LogP contribution < -0.4 is 10.6 Å². The van der Waals surface area contributed by atoms with E-state index in [1.165, 1.54) is 5.56 Å². The molecule has 0 aliphatic rings. The van der Waals surface area contributed by atoms with Gasteiger partial charge in [0.1, 0.15) is 0 Å². The second kappa shape index (κ2) is 6.33. The van der Waals surface area contributed by atoms with Crippen LogP contribution in [0.2, 0.25) is 0 Å². The highest BCUT2D eigenvalue weighted by Crippen LogP contribution is 1.97. The van der Waals surface area contributed by atoms with E-state index < -0.39 is 0 Å². The molecule has 2 N–H and O–H groups in total. The van der Waals surface area contributed by atoms with Gasteiger partial charge in [-0.15, -0.1) is 0 Å². The summed E-state index contributed by atoms with van der Waals surface area (Å²) < 4.78 is 2.00. The minimum absolute atomic E-state index is 0.0598. The van der Waals surface area contributed by atoms with Crippen LogP contribution in [0.15, 0.2) is 18.5 Å².